The quantitative estimate of drug-likeness (QED) is 0.426. The van der Waals surface area contributed by atoms with E-state index in [0.717, 1.165) is 0 Å². The van der Waals surface area contributed by atoms with Gasteiger partial charge in [0.05, 0.1) is 30.3 Å². The van der Waals surface area contributed by atoms with E-state index >= 15 is 0 Å². The van der Waals surface area contributed by atoms with Gasteiger partial charge in [0.2, 0.25) is 0 Å². The summed E-state index contributed by atoms with van der Waals surface area (Å²) in [4.78, 5) is 13.5. The highest BCUT2D eigenvalue weighted by atomic mass is 35.5. The lowest BCUT2D eigenvalue weighted by Gasteiger charge is -2.15. The third-order valence-corrected chi connectivity index (χ3v) is 6.14. The van der Waals surface area contributed by atoms with Crippen LogP contribution in [0.5, 0.6) is 6.01 Å². The summed E-state index contributed by atoms with van der Waals surface area (Å²) in [5.74, 6) is 4.37. The first-order valence-corrected chi connectivity index (χ1v) is 11.7. The Morgan fingerprint density at radius 3 is 2.69 bits per heavy atom. The van der Waals surface area contributed by atoms with Crippen LogP contribution >= 0.6 is 11.6 Å². The lowest BCUT2D eigenvalue weighted by atomic mass is 10.1. The Hall–Kier alpha value is -3.01. The number of aliphatic hydroxyl groups excluding tert-OH is 1. The van der Waals surface area contributed by atoms with Gasteiger partial charge in [-0.2, -0.15) is 4.98 Å². The van der Waals surface area contributed by atoms with Gasteiger partial charge < -0.3 is 29.6 Å². The molecular formula is C24H24ClF2N5O4. The maximum atomic E-state index is 14.6. The topological polar surface area (TPSA) is 105 Å². The second kappa shape index (κ2) is 10.2. The SMILES string of the molecule is CN(C)CC#Cc1cc(F)c(CNc2nc3nc(O[C@@H]4CO[C@H]5[C@@H]4OC[C@H]5O)[nH]c3cc2Cl)c(F)c1. The Labute approximate surface area is 210 Å². The van der Waals surface area contributed by atoms with Crippen molar-refractivity contribution in [1.82, 2.24) is 19.9 Å². The van der Waals surface area contributed by atoms with Crippen molar-refractivity contribution in [1.29, 1.82) is 0 Å². The minimum Gasteiger partial charge on any atom is -0.456 e. The van der Waals surface area contributed by atoms with Crippen LogP contribution in [-0.2, 0) is 16.0 Å². The number of H-pyrrole nitrogens is 1. The summed E-state index contributed by atoms with van der Waals surface area (Å²) >= 11 is 6.33. The van der Waals surface area contributed by atoms with Crippen molar-refractivity contribution in [2.75, 3.05) is 39.2 Å². The average Bonchev–Trinajstić information content (AvgIpc) is 3.50. The Morgan fingerprint density at radius 1 is 1.19 bits per heavy atom. The molecule has 0 aliphatic carbocycles. The first-order valence-electron chi connectivity index (χ1n) is 11.3. The summed E-state index contributed by atoms with van der Waals surface area (Å²) in [6.07, 6.45) is -1.95. The number of aromatic nitrogens is 3. The second-order valence-corrected chi connectivity index (χ2v) is 9.27. The fourth-order valence-electron chi connectivity index (χ4n) is 4.08. The largest absolute Gasteiger partial charge is 0.456 e. The van der Waals surface area contributed by atoms with E-state index in [-0.39, 0.29) is 47.7 Å². The standard InChI is InChI=1S/C24H24ClF2N5O4/c1-32(2)5-3-4-12-6-15(26)13(16(27)7-12)9-28-22-14(25)8-17-23(30-22)31-24(29-17)36-19-11-35-20-18(33)10-34-21(19)20/h6-8,18-21,33H,5,9-11H2,1-2H3,(H2,28,29,30,31)/t18-,19-,20-,21-/m1/s1. The van der Waals surface area contributed by atoms with Crippen LogP contribution in [-0.4, -0.2) is 83.2 Å². The zero-order valence-corrected chi connectivity index (χ0v) is 20.3. The van der Waals surface area contributed by atoms with Gasteiger partial charge in [0.1, 0.15) is 35.8 Å². The first-order chi connectivity index (χ1) is 17.3. The molecule has 2 aliphatic heterocycles. The van der Waals surface area contributed by atoms with E-state index in [1.54, 1.807) is 6.07 Å². The number of hydrogen-bond donors (Lipinski definition) is 3. The Bertz CT molecular complexity index is 1320. The van der Waals surface area contributed by atoms with Crippen molar-refractivity contribution in [2.45, 2.75) is 31.0 Å². The fourth-order valence-corrected chi connectivity index (χ4v) is 4.30. The van der Waals surface area contributed by atoms with Gasteiger partial charge in [-0.05, 0) is 32.3 Å². The van der Waals surface area contributed by atoms with Crippen molar-refractivity contribution in [3.05, 3.63) is 46.0 Å². The molecule has 0 spiro atoms. The van der Waals surface area contributed by atoms with Crippen LogP contribution in [0.3, 0.4) is 0 Å². The van der Waals surface area contributed by atoms with Crippen LogP contribution in [0.1, 0.15) is 11.1 Å². The van der Waals surface area contributed by atoms with Gasteiger partial charge >= 0.3 is 0 Å². The Kier molecular flexibility index (Phi) is 6.96. The number of hydrogen-bond acceptors (Lipinski definition) is 8. The Balaban J connectivity index is 1.28. The molecule has 3 N–H and O–H groups in total. The van der Waals surface area contributed by atoms with Crippen LogP contribution in [0.2, 0.25) is 5.02 Å². The zero-order valence-electron chi connectivity index (χ0n) is 19.5. The minimum absolute atomic E-state index is 0.160. The number of aromatic amines is 1. The number of pyridine rings is 1. The minimum atomic E-state index is -0.722. The normalized spacial score (nSPS) is 23.1. The van der Waals surface area contributed by atoms with Crippen molar-refractivity contribution >= 4 is 28.6 Å². The predicted octanol–water partition coefficient (Wildman–Crippen LogP) is 2.32. The van der Waals surface area contributed by atoms with E-state index in [9.17, 15) is 13.9 Å². The molecule has 1 aromatic carbocycles. The third-order valence-electron chi connectivity index (χ3n) is 5.85. The molecule has 36 heavy (non-hydrogen) atoms. The molecule has 2 saturated heterocycles. The monoisotopic (exact) mass is 519 g/mol. The maximum Gasteiger partial charge on any atom is 0.296 e. The molecule has 2 fully saturated rings. The third kappa shape index (κ3) is 5.09. The number of ether oxygens (including phenoxy) is 3. The maximum absolute atomic E-state index is 14.6. The molecule has 0 amide bonds. The van der Waals surface area contributed by atoms with Gasteiger partial charge in [0.25, 0.3) is 6.01 Å². The number of anilines is 1. The molecule has 12 heteroatoms. The van der Waals surface area contributed by atoms with Crippen LogP contribution in [0.25, 0.3) is 11.2 Å². The van der Waals surface area contributed by atoms with Crippen molar-refractivity contribution < 1.29 is 28.1 Å². The number of nitrogens with one attached hydrogen (secondary N) is 2. The molecule has 2 aliphatic rings. The van der Waals surface area contributed by atoms with Crippen LogP contribution < -0.4 is 10.1 Å². The van der Waals surface area contributed by atoms with Gasteiger partial charge in [-0.3, -0.25) is 4.90 Å². The number of fused-ring (bicyclic) bond motifs is 2. The molecule has 9 nitrogen and oxygen atoms in total. The second-order valence-electron chi connectivity index (χ2n) is 8.86. The summed E-state index contributed by atoms with van der Waals surface area (Å²) < 4.78 is 46.2. The zero-order chi connectivity index (χ0) is 25.4. The molecule has 190 valence electrons. The molecule has 4 heterocycles. The number of aliphatic hydroxyl groups is 1. The summed E-state index contributed by atoms with van der Waals surface area (Å²) in [6.45, 7) is 0.736. The fraction of sp³-hybridized carbons (Fsp3) is 0.417. The molecule has 5 rings (SSSR count). The number of benzene rings is 1. The lowest BCUT2D eigenvalue weighted by molar-refractivity contribution is 0.00706. The van der Waals surface area contributed by atoms with Gasteiger partial charge in [-0.1, -0.05) is 23.4 Å². The Morgan fingerprint density at radius 2 is 1.94 bits per heavy atom. The average molecular weight is 520 g/mol. The van der Waals surface area contributed by atoms with Crippen LogP contribution in [0, 0.1) is 23.5 Å². The van der Waals surface area contributed by atoms with E-state index in [1.165, 1.54) is 12.1 Å². The van der Waals surface area contributed by atoms with Gasteiger partial charge in [-0.25, -0.2) is 13.8 Å². The molecular weight excluding hydrogens is 496 g/mol. The first kappa shape index (κ1) is 24.7. The molecule has 0 unspecified atom stereocenters. The van der Waals surface area contributed by atoms with Gasteiger partial charge in [0.15, 0.2) is 11.8 Å². The highest BCUT2D eigenvalue weighted by molar-refractivity contribution is 6.33. The molecule has 4 atom stereocenters. The summed E-state index contributed by atoms with van der Waals surface area (Å²) in [5.41, 5.74) is 0.911. The molecule has 0 radical (unpaired) electrons. The van der Waals surface area contributed by atoms with E-state index < -0.39 is 36.1 Å². The van der Waals surface area contributed by atoms with Crippen molar-refractivity contribution in [3.8, 4) is 17.9 Å². The van der Waals surface area contributed by atoms with Crippen LogP contribution in [0.4, 0.5) is 14.6 Å². The molecule has 0 saturated carbocycles. The van der Waals surface area contributed by atoms with Crippen LogP contribution in [0.15, 0.2) is 18.2 Å². The smallest absolute Gasteiger partial charge is 0.296 e. The van der Waals surface area contributed by atoms with Gasteiger partial charge in [0, 0.05) is 17.7 Å². The van der Waals surface area contributed by atoms with Crippen molar-refractivity contribution in [3.63, 3.8) is 0 Å². The van der Waals surface area contributed by atoms with E-state index in [4.69, 9.17) is 25.8 Å². The molecule has 3 aromatic rings. The highest BCUT2D eigenvalue weighted by Gasteiger charge is 2.48. The van der Waals surface area contributed by atoms with Crippen molar-refractivity contribution in [2.24, 2.45) is 0 Å². The van der Waals surface area contributed by atoms with E-state index in [2.05, 4.69) is 32.1 Å². The number of nitrogens with zero attached hydrogens (tertiary/aromatic N) is 3. The molecule has 2 aromatic heterocycles. The number of halogens is 3. The van der Waals surface area contributed by atoms with Gasteiger partial charge in [-0.15, -0.1) is 0 Å². The van der Waals surface area contributed by atoms with E-state index in [0.29, 0.717) is 17.7 Å². The summed E-state index contributed by atoms with van der Waals surface area (Å²) in [6, 6.07) is 4.17. The lowest BCUT2D eigenvalue weighted by Crippen LogP contribution is -2.34. The predicted molar refractivity (Wildman–Crippen MR) is 128 cm³/mol. The summed E-state index contributed by atoms with van der Waals surface area (Å²) in [7, 11) is 3.71. The molecule has 0 bridgehead atoms. The number of imidazole rings is 1. The number of rotatable bonds is 6. The van der Waals surface area contributed by atoms with E-state index in [1.807, 2.05) is 19.0 Å². The summed E-state index contributed by atoms with van der Waals surface area (Å²) in [5, 5.41) is 13.0. The highest BCUT2D eigenvalue weighted by Crippen LogP contribution is 2.31.